The zero-order valence-corrected chi connectivity index (χ0v) is 18.5. The number of carbonyl (C=O) groups is 1. The van der Waals surface area contributed by atoms with Gasteiger partial charge in [-0.2, -0.15) is 0 Å². The van der Waals surface area contributed by atoms with Crippen molar-refractivity contribution in [2.45, 2.75) is 32.0 Å². The van der Waals surface area contributed by atoms with Crippen LogP contribution in [0.25, 0.3) is 0 Å². The molecule has 1 amide bonds. The number of nitrogens with one attached hydrogen (secondary N) is 2. The average Bonchev–Trinajstić information content (AvgIpc) is 3.51. The third-order valence-electron chi connectivity index (χ3n) is 6.51. The molecular weight excluding hydrogens is 402 g/mol. The summed E-state index contributed by atoms with van der Waals surface area (Å²) in [4.78, 5) is 14.7. The lowest BCUT2D eigenvalue weighted by molar-refractivity contribution is 0.0775. The summed E-state index contributed by atoms with van der Waals surface area (Å²) < 4.78 is 11.0. The molecule has 2 N–H and O–H groups in total. The second kappa shape index (κ2) is 8.71. The molecule has 5 rings (SSSR count). The highest BCUT2D eigenvalue weighted by molar-refractivity contribution is 5.95. The van der Waals surface area contributed by atoms with Gasteiger partial charge < -0.3 is 24.7 Å². The maximum Gasteiger partial charge on any atom is 0.254 e. The summed E-state index contributed by atoms with van der Waals surface area (Å²) in [5, 5.41) is 7.42. The minimum absolute atomic E-state index is 0.00705. The Labute approximate surface area is 188 Å². The van der Waals surface area contributed by atoms with E-state index in [1.54, 1.807) is 18.2 Å². The summed E-state index contributed by atoms with van der Waals surface area (Å²) in [6, 6.07) is 18.6. The minimum atomic E-state index is -0.00705. The molecule has 0 radical (unpaired) electrons. The average molecular weight is 432 g/mol. The largest absolute Gasteiger partial charge is 0.494 e. The molecule has 3 heterocycles. The number of hydrogen-bond acceptors (Lipinski definition) is 5. The van der Waals surface area contributed by atoms with Gasteiger partial charge in [0.15, 0.2) is 0 Å². The van der Waals surface area contributed by atoms with Crippen LogP contribution in [0.5, 0.6) is 5.75 Å². The Kier molecular flexibility index (Phi) is 5.62. The van der Waals surface area contributed by atoms with Crippen molar-refractivity contribution in [3.63, 3.8) is 0 Å². The number of nitrogens with zero attached hydrogens (tertiary/aromatic N) is 1. The Hall–Kier alpha value is -3.25. The van der Waals surface area contributed by atoms with Crippen LogP contribution >= 0.6 is 0 Å². The fourth-order valence-electron chi connectivity index (χ4n) is 4.98. The molecule has 3 atom stereocenters. The predicted molar refractivity (Wildman–Crippen MR) is 124 cm³/mol. The molecule has 1 saturated heterocycles. The molecule has 1 unspecified atom stereocenters. The fraction of sp³-hybridized carbons (Fsp3) is 0.346. The van der Waals surface area contributed by atoms with E-state index in [0.29, 0.717) is 24.6 Å². The Balaban J connectivity index is 1.39. The third-order valence-corrected chi connectivity index (χ3v) is 6.51. The van der Waals surface area contributed by atoms with Crippen LogP contribution in [0.3, 0.4) is 0 Å². The lowest BCUT2D eigenvalue weighted by Gasteiger charge is -2.37. The van der Waals surface area contributed by atoms with Gasteiger partial charge in [0.1, 0.15) is 11.5 Å². The van der Waals surface area contributed by atoms with Gasteiger partial charge >= 0.3 is 0 Å². The summed E-state index contributed by atoms with van der Waals surface area (Å²) in [6.07, 6.45) is 2.72. The quantitative estimate of drug-likeness (QED) is 0.589. The molecule has 2 aromatic carbocycles. The molecule has 6 nitrogen and oxygen atoms in total. The highest BCUT2D eigenvalue weighted by Gasteiger charge is 2.40. The van der Waals surface area contributed by atoms with Crippen LogP contribution < -0.4 is 15.4 Å². The van der Waals surface area contributed by atoms with E-state index in [4.69, 9.17) is 9.15 Å². The standard InChI is InChI=1S/C26H29N3O3/c1-3-31-19-9-6-17(7-10-19)24-21-12-13-27-25(21)22-15-18(8-11-23(22)28-24)26(30)29(2)16-20-5-4-14-32-20/h4-11,14-15,21,24-25,27-28H,3,12-13,16H2,1-2H3/t21-,24?,25-/m0/s1. The van der Waals surface area contributed by atoms with E-state index in [1.807, 2.05) is 49.4 Å². The van der Waals surface area contributed by atoms with E-state index >= 15 is 0 Å². The molecule has 1 aromatic heterocycles. The number of amides is 1. The van der Waals surface area contributed by atoms with Gasteiger partial charge in [0.2, 0.25) is 0 Å². The maximum absolute atomic E-state index is 13.1. The molecule has 0 aliphatic carbocycles. The van der Waals surface area contributed by atoms with Crippen LogP contribution in [-0.2, 0) is 6.54 Å². The van der Waals surface area contributed by atoms with Crippen LogP contribution in [-0.4, -0.2) is 31.0 Å². The molecule has 2 aliphatic rings. The van der Waals surface area contributed by atoms with Crippen molar-refractivity contribution >= 4 is 11.6 Å². The molecule has 3 aromatic rings. The van der Waals surface area contributed by atoms with Crippen LogP contribution in [0.15, 0.2) is 65.3 Å². The number of rotatable bonds is 6. The van der Waals surface area contributed by atoms with Crippen molar-refractivity contribution in [3.8, 4) is 5.75 Å². The number of benzene rings is 2. The molecule has 2 aliphatic heterocycles. The highest BCUT2D eigenvalue weighted by atomic mass is 16.5. The van der Waals surface area contributed by atoms with E-state index in [9.17, 15) is 4.79 Å². The second-order valence-corrected chi connectivity index (χ2v) is 8.55. The first-order valence-corrected chi connectivity index (χ1v) is 11.3. The second-order valence-electron chi connectivity index (χ2n) is 8.55. The number of carbonyl (C=O) groups excluding carboxylic acids is 1. The van der Waals surface area contributed by atoms with Crippen LogP contribution in [0.1, 0.15) is 52.7 Å². The first-order valence-electron chi connectivity index (χ1n) is 11.3. The minimum Gasteiger partial charge on any atom is -0.494 e. The normalized spacial score (nSPS) is 21.4. The zero-order chi connectivity index (χ0) is 22.1. The molecule has 32 heavy (non-hydrogen) atoms. The van der Waals surface area contributed by atoms with Gasteiger partial charge in [0.05, 0.1) is 25.5 Å². The first kappa shape index (κ1) is 20.6. The van der Waals surface area contributed by atoms with E-state index in [1.165, 1.54) is 11.1 Å². The summed E-state index contributed by atoms with van der Waals surface area (Å²) in [6.45, 7) is 4.09. The topological polar surface area (TPSA) is 66.7 Å². The summed E-state index contributed by atoms with van der Waals surface area (Å²) in [5.41, 5.74) is 4.22. The van der Waals surface area contributed by atoms with Crippen molar-refractivity contribution in [2.75, 3.05) is 25.5 Å². The van der Waals surface area contributed by atoms with Crippen molar-refractivity contribution in [1.29, 1.82) is 0 Å². The predicted octanol–water partition coefficient (Wildman–Crippen LogP) is 4.77. The summed E-state index contributed by atoms with van der Waals surface area (Å²) in [7, 11) is 1.81. The zero-order valence-electron chi connectivity index (χ0n) is 18.5. The van der Waals surface area contributed by atoms with Gasteiger partial charge in [-0.05, 0) is 73.5 Å². The van der Waals surface area contributed by atoms with Gasteiger partial charge in [-0.1, -0.05) is 12.1 Å². The Bertz CT molecular complexity index is 1080. The summed E-state index contributed by atoms with van der Waals surface area (Å²) >= 11 is 0. The van der Waals surface area contributed by atoms with Crippen molar-refractivity contribution in [1.82, 2.24) is 10.2 Å². The molecule has 6 heteroatoms. The van der Waals surface area contributed by atoms with E-state index in [-0.39, 0.29) is 18.0 Å². The fourth-order valence-corrected chi connectivity index (χ4v) is 4.98. The lowest BCUT2D eigenvalue weighted by atomic mass is 9.80. The molecular formula is C26H29N3O3. The van der Waals surface area contributed by atoms with Gasteiger partial charge in [-0.3, -0.25) is 4.79 Å². The van der Waals surface area contributed by atoms with E-state index in [2.05, 4.69) is 22.8 Å². The Morgan fingerprint density at radius 1 is 1.16 bits per heavy atom. The summed E-state index contributed by atoms with van der Waals surface area (Å²) in [5.74, 6) is 2.09. The number of fused-ring (bicyclic) bond motifs is 3. The van der Waals surface area contributed by atoms with Crippen molar-refractivity contribution in [2.24, 2.45) is 5.92 Å². The van der Waals surface area contributed by atoms with E-state index < -0.39 is 0 Å². The smallest absolute Gasteiger partial charge is 0.254 e. The third kappa shape index (κ3) is 3.86. The molecule has 166 valence electrons. The molecule has 0 spiro atoms. The van der Waals surface area contributed by atoms with Gasteiger partial charge in [0, 0.05) is 30.3 Å². The highest BCUT2D eigenvalue weighted by Crippen LogP contribution is 2.47. The maximum atomic E-state index is 13.1. The molecule has 0 saturated carbocycles. The SMILES string of the molecule is CCOc1ccc(C2Nc3ccc(C(=O)N(C)Cc4ccco4)cc3[C@H]3NCC[C@@H]23)cc1. The molecule has 1 fully saturated rings. The monoisotopic (exact) mass is 431 g/mol. The van der Waals surface area contributed by atoms with E-state index in [0.717, 1.165) is 30.2 Å². The number of ether oxygens (including phenoxy) is 1. The van der Waals surface area contributed by atoms with Gasteiger partial charge in [0.25, 0.3) is 5.91 Å². The Morgan fingerprint density at radius 2 is 2.00 bits per heavy atom. The number of hydrogen-bond donors (Lipinski definition) is 2. The molecule has 0 bridgehead atoms. The van der Waals surface area contributed by atoms with Crippen LogP contribution in [0.2, 0.25) is 0 Å². The van der Waals surface area contributed by atoms with Crippen LogP contribution in [0.4, 0.5) is 5.69 Å². The lowest BCUT2D eigenvalue weighted by Crippen LogP contribution is -2.33. The van der Waals surface area contributed by atoms with Crippen LogP contribution in [0, 0.1) is 5.92 Å². The number of furan rings is 1. The Morgan fingerprint density at radius 3 is 2.75 bits per heavy atom. The van der Waals surface area contributed by atoms with Crippen molar-refractivity contribution in [3.05, 3.63) is 83.3 Å². The van der Waals surface area contributed by atoms with Crippen molar-refractivity contribution < 1.29 is 13.9 Å². The first-order chi connectivity index (χ1) is 15.6. The van der Waals surface area contributed by atoms with Gasteiger partial charge in [-0.15, -0.1) is 0 Å². The van der Waals surface area contributed by atoms with Gasteiger partial charge in [-0.25, -0.2) is 0 Å². The number of anilines is 1.